The summed E-state index contributed by atoms with van der Waals surface area (Å²) in [7, 11) is 0. The maximum absolute atomic E-state index is 4.73. The van der Waals surface area contributed by atoms with Crippen LogP contribution < -0.4 is 0 Å². The zero-order chi connectivity index (χ0) is 20.9. The number of likely N-dealkylation sites (tertiary alicyclic amines) is 1. The molecular weight excluding hydrogens is 404 g/mol. The molecule has 0 aliphatic carbocycles. The first-order chi connectivity index (χ1) is 15.4. The van der Waals surface area contributed by atoms with Gasteiger partial charge in [-0.3, -0.25) is 9.47 Å². The number of thioether (sulfide) groups is 1. The molecule has 7 heteroatoms. The van der Waals surface area contributed by atoms with Crippen LogP contribution in [0, 0.1) is 0 Å². The van der Waals surface area contributed by atoms with Crippen LogP contribution in [0.2, 0.25) is 0 Å². The molecule has 2 aromatic heterocycles. The Bertz CT molecular complexity index is 1100. The molecule has 2 aromatic carbocycles. The Morgan fingerprint density at radius 1 is 0.774 bits per heavy atom. The van der Waals surface area contributed by atoms with E-state index in [-0.39, 0.29) is 0 Å². The summed E-state index contributed by atoms with van der Waals surface area (Å²) in [6.45, 7) is 3.12. The van der Waals surface area contributed by atoms with Crippen LogP contribution in [0.4, 0.5) is 0 Å². The van der Waals surface area contributed by atoms with Crippen molar-refractivity contribution in [3.63, 3.8) is 0 Å². The summed E-state index contributed by atoms with van der Waals surface area (Å²) in [6.07, 6.45) is 5.88. The molecule has 0 amide bonds. The lowest BCUT2D eigenvalue weighted by Crippen LogP contribution is -2.30. The smallest absolute Gasteiger partial charge is 0.196 e. The van der Waals surface area contributed by atoms with Crippen LogP contribution in [-0.2, 0) is 12.3 Å². The van der Waals surface area contributed by atoms with Gasteiger partial charge in [0.15, 0.2) is 11.0 Å². The van der Waals surface area contributed by atoms with Crippen LogP contribution in [0.25, 0.3) is 11.4 Å². The monoisotopic (exact) mass is 430 g/mol. The number of nitrogens with zero attached hydrogens (tertiary/aromatic N) is 6. The quantitative estimate of drug-likeness (QED) is 0.397. The number of hydrogen-bond donors (Lipinski definition) is 0. The topological polar surface area (TPSA) is 51.8 Å². The highest BCUT2D eigenvalue weighted by Crippen LogP contribution is 2.26. The van der Waals surface area contributed by atoms with Crippen molar-refractivity contribution in [3.05, 3.63) is 84.4 Å². The fourth-order valence-corrected chi connectivity index (χ4v) is 4.82. The fraction of sp³-hybridized carbons (Fsp3) is 0.292. The van der Waals surface area contributed by atoms with E-state index in [4.69, 9.17) is 5.10 Å². The number of para-hydroxylation sites is 2. The van der Waals surface area contributed by atoms with Gasteiger partial charge in [0.2, 0.25) is 0 Å². The van der Waals surface area contributed by atoms with Gasteiger partial charge in [0, 0.05) is 17.6 Å². The predicted molar refractivity (Wildman–Crippen MR) is 124 cm³/mol. The first-order valence-corrected chi connectivity index (χ1v) is 11.8. The van der Waals surface area contributed by atoms with E-state index < -0.39 is 0 Å². The molecule has 3 heterocycles. The van der Waals surface area contributed by atoms with E-state index in [1.807, 2.05) is 35.1 Å². The Balaban J connectivity index is 1.36. The van der Waals surface area contributed by atoms with Gasteiger partial charge in [0.05, 0.1) is 17.9 Å². The van der Waals surface area contributed by atoms with Crippen LogP contribution in [0.3, 0.4) is 0 Å². The van der Waals surface area contributed by atoms with E-state index in [1.165, 1.54) is 19.3 Å². The van der Waals surface area contributed by atoms with Gasteiger partial charge in [0.25, 0.3) is 0 Å². The molecule has 0 spiro atoms. The van der Waals surface area contributed by atoms with Gasteiger partial charge in [0.1, 0.15) is 0 Å². The Hall–Kier alpha value is -2.90. The van der Waals surface area contributed by atoms with Gasteiger partial charge in [-0.25, -0.2) is 4.68 Å². The van der Waals surface area contributed by atoms with Crippen LogP contribution in [-0.4, -0.2) is 42.5 Å². The maximum Gasteiger partial charge on any atom is 0.196 e. The number of hydrogen-bond acceptors (Lipinski definition) is 5. The van der Waals surface area contributed by atoms with E-state index in [9.17, 15) is 0 Å². The second-order valence-corrected chi connectivity index (χ2v) is 8.72. The third kappa shape index (κ3) is 4.73. The van der Waals surface area contributed by atoms with Crippen LogP contribution in [0.15, 0.2) is 78.1 Å². The molecule has 0 bridgehead atoms. The van der Waals surface area contributed by atoms with Crippen LogP contribution in [0.5, 0.6) is 0 Å². The molecule has 0 atom stereocenters. The molecule has 31 heavy (non-hydrogen) atoms. The van der Waals surface area contributed by atoms with Gasteiger partial charge < -0.3 is 0 Å². The lowest BCUT2D eigenvalue weighted by atomic mass is 10.1. The molecule has 158 valence electrons. The van der Waals surface area contributed by atoms with Crippen molar-refractivity contribution in [1.29, 1.82) is 0 Å². The molecule has 0 radical (unpaired) electrons. The van der Waals surface area contributed by atoms with Gasteiger partial charge in [-0.15, -0.1) is 10.2 Å². The Kier molecular flexibility index (Phi) is 6.13. The largest absolute Gasteiger partial charge is 0.296 e. The minimum Gasteiger partial charge on any atom is -0.296 e. The highest BCUT2D eigenvalue weighted by Gasteiger charge is 2.19. The highest BCUT2D eigenvalue weighted by molar-refractivity contribution is 7.98. The van der Waals surface area contributed by atoms with Crippen molar-refractivity contribution in [3.8, 4) is 11.4 Å². The van der Waals surface area contributed by atoms with Crippen molar-refractivity contribution in [2.45, 2.75) is 36.7 Å². The number of piperidine rings is 1. The van der Waals surface area contributed by atoms with E-state index in [0.717, 1.165) is 53.4 Å². The Labute approximate surface area is 186 Å². The van der Waals surface area contributed by atoms with E-state index in [0.29, 0.717) is 0 Å². The molecule has 0 N–H and O–H groups in total. The summed E-state index contributed by atoms with van der Waals surface area (Å²) in [5, 5.41) is 14.8. The molecule has 4 aromatic rings. The standard InChI is InChI=1S/C24H26N6S/c1-4-10-21(11-5-1)29-17-14-20(27-29)19-31-24-26-25-23(18-28-15-8-3-9-16-28)30(24)22-12-6-2-7-13-22/h1-2,4-7,10-14,17H,3,8-9,15-16,18-19H2. The van der Waals surface area contributed by atoms with E-state index in [1.54, 1.807) is 11.8 Å². The molecule has 0 unspecified atom stereocenters. The lowest BCUT2D eigenvalue weighted by molar-refractivity contribution is 0.214. The van der Waals surface area contributed by atoms with Crippen molar-refractivity contribution in [2.24, 2.45) is 0 Å². The summed E-state index contributed by atoms with van der Waals surface area (Å²) in [5.41, 5.74) is 3.20. The molecular formula is C24H26N6S. The summed E-state index contributed by atoms with van der Waals surface area (Å²) in [4.78, 5) is 2.49. The van der Waals surface area contributed by atoms with E-state index >= 15 is 0 Å². The van der Waals surface area contributed by atoms with E-state index in [2.05, 4.69) is 62.1 Å². The first kappa shape index (κ1) is 20.0. The molecule has 1 saturated heterocycles. The van der Waals surface area contributed by atoms with Gasteiger partial charge in [-0.2, -0.15) is 5.10 Å². The van der Waals surface area contributed by atoms with Gasteiger partial charge >= 0.3 is 0 Å². The highest BCUT2D eigenvalue weighted by atomic mass is 32.2. The number of rotatable bonds is 7. The minimum absolute atomic E-state index is 0.745. The molecule has 1 aliphatic heterocycles. The average molecular weight is 431 g/mol. The number of benzene rings is 2. The average Bonchev–Trinajstić information content (AvgIpc) is 3.47. The summed E-state index contributed by atoms with van der Waals surface area (Å²) < 4.78 is 4.12. The lowest BCUT2D eigenvalue weighted by Gasteiger charge is -2.26. The zero-order valence-corrected chi connectivity index (χ0v) is 18.3. The Morgan fingerprint density at radius 3 is 2.23 bits per heavy atom. The second-order valence-electron chi connectivity index (χ2n) is 7.78. The third-order valence-corrected chi connectivity index (χ3v) is 6.51. The summed E-state index contributed by atoms with van der Waals surface area (Å²) in [6, 6.07) is 22.7. The normalized spacial score (nSPS) is 14.7. The number of aromatic nitrogens is 5. The van der Waals surface area contributed by atoms with Gasteiger partial charge in [-0.05, 0) is 56.3 Å². The SMILES string of the molecule is c1ccc(-n2ccc(CSc3nnc(CN4CCCCC4)n3-c3ccccc3)n2)cc1. The molecule has 1 aliphatic rings. The third-order valence-electron chi connectivity index (χ3n) is 5.54. The molecule has 1 fully saturated rings. The molecule has 6 nitrogen and oxygen atoms in total. The molecule has 5 rings (SSSR count). The second kappa shape index (κ2) is 9.49. The van der Waals surface area contributed by atoms with Crippen LogP contribution in [0.1, 0.15) is 30.8 Å². The van der Waals surface area contributed by atoms with Crippen molar-refractivity contribution >= 4 is 11.8 Å². The zero-order valence-electron chi connectivity index (χ0n) is 17.5. The predicted octanol–water partition coefficient (Wildman–Crippen LogP) is 4.73. The minimum atomic E-state index is 0.745. The Morgan fingerprint density at radius 2 is 1.48 bits per heavy atom. The van der Waals surface area contributed by atoms with Crippen LogP contribution >= 0.6 is 11.8 Å². The van der Waals surface area contributed by atoms with Crippen molar-refractivity contribution in [1.82, 2.24) is 29.4 Å². The summed E-state index contributed by atoms with van der Waals surface area (Å²) >= 11 is 1.68. The molecule has 0 saturated carbocycles. The summed E-state index contributed by atoms with van der Waals surface area (Å²) in [5.74, 6) is 1.75. The van der Waals surface area contributed by atoms with Gasteiger partial charge in [-0.1, -0.05) is 54.6 Å². The maximum atomic E-state index is 4.73. The van der Waals surface area contributed by atoms with Crippen molar-refractivity contribution < 1.29 is 0 Å². The van der Waals surface area contributed by atoms with Crippen molar-refractivity contribution in [2.75, 3.05) is 13.1 Å². The fourth-order valence-electron chi connectivity index (χ4n) is 3.95. The first-order valence-electron chi connectivity index (χ1n) is 10.8.